The molecule has 1 heterocycles. The minimum atomic E-state index is -0.158. The molecular formula is C21H26ClN3O3. The van der Waals surface area contributed by atoms with E-state index in [1.165, 1.54) is 0 Å². The Balaban J connectivity index is 0.00000280. The molecule has 0 bridgehead atoms. The van der Waals surface area contributed by atoms with E-state index in [2.05, 4.69) is 5.32 Å². The fourth-order valence-electron chi connectivity index (χ4n) is 3.31. The monoisotopic (exact) mass is 403 g/mol. The van der Waals surface area contributed by atoms with Gasteiger partial charge < -0.3 is 20.7 Å². The number of hydrogen-bond acceptors (Lipinski definition) is 4. The van der Waals surface area contributed by atoms with E-state index in [-0.39, 0.29) is 30.3 Å². The molecule has 0 aromatic heterocycles. The average Bonchev–Trinajstić information content (AvgIpc) is 2.69. The fraction of sp³-hybridized carbons (Fsp3) is 0.333. The van der Waals surface area contributed by atoms with E-state index < -0.39 is 0 Å². The summed E-state index contributed by atoms with van der Waals surface area (Å²) in [6.07, 6.45) is 1.83. The molecule has 6 nitrogen and oxygen atoms in total. The summed E-state index contributed by atoms with van der Waals surface area (Å²) in [6.45, 7) is 1.27. The normalized spacial score (nSPS) is 14.1. The van der Waals surface area contributed by atoms with Gasteiger partial charge in [-0.3, -0.25) is 9.59 Å². The number of carbonyl (C=O) groups is 2. The largest absolute Gasteiger partial charge is 0.497 e. The highest BCUT2D eigenvalue weighted by Gasteiger charge is 2.24. The van der Waals surface area contributed by atoms with Gasteiger partial charge in [0, 0.05) is 24.8 Å². The van der Waals surface area contributed by atoms with Crippen LogP contribution >= 0.6 is 12.4 Å². The van der Waals surface area contributed by atoms with Crippen LogP contribution in [0.3, 0.4) is 0 Å². The van der Waals surface area contributed by atoms with Gasteiger partial charge in [-0.1, -0.05) is 24.3 Å². The van der Waals surface area contributed by atoms with Gasteiger partial charge in [-0.15, -0.1) is 12.4 Å². The number of amides is 2. The number of ether oxygens (including phenoxy) is 1. The second-order valence-corrected chi connectivity index (χ2v) is 6.74. The molecule has 1 fully saturated rings. The SMILES string of the molecule is COc1cccc(CC(=O)N2CCC(NC(=O)c3ccccc3N)CC2)c1.Cl. The van der Waals surface area contributed by atoms with Gasteiger partial charge in [0.2, 0.25) is 5.91 Å². The van der Waals surface area contributed by atoms with Gasteiger partial charge in [0.1, 0.15) is 5.75 Å². The van der Waals surface area contributed by atoms with Crippen molar-refractivity contribution >= 4 is 29.9 Å². The van der Waals surface area contributed by atoms with Gasteiger partial charge in [0.15, 0.2) is 0 Å². The highest BCUT2D eigenvalue weighted by atomic mass is 35.5. The molecule has 2 aromatic carbocycles. The van der Waals surface area contributed by atoms with Crippen LogP contribution in [0.15, 0.2) is 48.5 Å². The number of rotatable bonds is 5. The molecule has 0 atom stereocenters. The number of para-hydroxylation sites is 1. The summed E-state index contributed by atoms with van der Waals surface area (Å²) >= 11 is 0. The Bertz CT molecular complexity index is 820. The number of piperidine rings is 1. The number of nitrogens with two attached hydrogens (primary N) is 1. The van der Waals surface area contributed by atoms with E-state index in [0.29, 0.717) is 30.8 Å². The number of carbonyl (C=O) groups excluding carboxylic acids is 2. The Morgan fingerprint density at radius 1 is 1.14 bits per heavy atom. The van der Waals surface area contributed by atoms with E-state index >= 15 is 0 Å². The zero-order valence-electron chi connectivity index (χ0n) is 15.9. The van der Waals surface area contributed by atoms with Gasteiger partial charge in [0.05, 0.1) is 19.1 Å². The van der Waals surface area contributed by atoms with Crippen LogP contribution in [0, 0.1) is 0 Å². The van der Waals surface area contributed by atoms with Crippen molar-refractivity contribution in [3.8, 4) is 5.75 Å². The first-order valence-corrected chi connectivity index (χ1v) is 9.13. The summed E-state index contributed by atoms with van der Waals surface area (Å²) in [5.41, 5.74) is 7.77. The van der Waals surface area contributed by atoms with Crippen molar-refractivity contribution < 1.29 is 14.3 Å². The summed E-state index contributed by atoms with van der Waals surface area (Å²) < 4.78 is 5.20. The van der Waals surface area contributed by atoms with Crippen LogP contribution < -0.4 is 15.8 Å². The molecule has 0 aliphatic carbocycles. The lowest BCUT2D eigenvalue weighted by molar-refractivity contribution is -0.131. The molecule has 0 saturated carbocycles. The van der Waals surface area contributed by atoms with Gasteiger partial charge in [-0.25, -0.2) is 0 Å². The van der Waals surface area contributed by atoms with Crippen molar-refractivity contribution in [1.29, 1.82) is 0 Å². The first-order chi connectivity index (χ1) is 13.1. The van der Waals surface area contributed by atoms with Crippen molar-refractivity contribution in [2.24, 2.45) is 0 Å². The standard InChI is InChI=1S/C21H25N3O3.ClH/c1-27-17-6-4-5-15(13-17)14-20(25)24-11-9-16(10-12-24)23-21(26)18-7-2-3-8-19(18)22;/h2-8,13,16H,9-12,14,22H2,1H3,(H,23,26);1H. The third kappa shape index (κ3) is 5.39. The lowest BCUT2D eigenvalue weighted by Crippen LogP contribution is -2.47. The quantitative estimate of drug-likeness (QED) is 0.751. The molecule has 2 aromatic rings. The van der Waals surface area contributed by atoms with E-state index in [1.807, 2.05) is 29.2 Å². The Hall–Kier alpha value is -2.73. The zero-order valence-corrected chi connectivity index (χ0v) is 16.7. The minimum absolute atomic E-state index is 0. The Morgan fingerprint density at radius 3 is 2.54 bits per heavy atom. The molecule has 28 heavy (non-hydrogen) atoms. The number of nitrogens with zero attached hydrogens (tertiary/aromatic N) is 1. The highest BCUT2D eigenvalue weighted by molar-refractivity contribution is 5.99. The molecule has 1 aliphatic heterocycles. The lowest BCUT2D eigenvalue weighted by Gasteiger charge is -2.32. The Morgan fingerprint density at radius 2 is 1.86 bits per heavy atom. The third-order valence-electron chi connectivity index (χ3n) is 4.88. The number of nitrogens with one attached hydrogen (secondary N) is 1. The van der Waals surface area contributed by atoms with E-state index in [0.717, 1.165) is 24.2 Å². The number of hydrogen-bond donors (Lipinski definition) is 2. The Kier molecular flexibility index (Phi) is 7.70. The van der Waals surface area contributed by atoms with Gasteiger partial charge in [-0.05, 0) is 42.7 Å². The zero-order chi connectivity index (χ0) is 19.2. The van der Waals surface area contributed by atoms with Crippen LogP contribution in [0.4, 0.5) is 5.69 Å². The number of halogens is 1. The summed E-state index contributed by atoms with van der Waals surface area (Å²) in [5, 5.41) is 3.03. The van der Waals surface area contributed by atoms with Crippen molar-refractivity contribution in [3.63, 3.8) is 0 Å². The van der Waals surface area contributed by atoms with Crippen LogP contribution in [-0.4, -0.2) is 43.0 Å². The van der Waals surface area contributed by atoms with Crippen LogP contribution in [-0.2, 0) is 11.2 Å². The molecule has 7 heteroatoms. The lowest BCUT2D eigenvalue weighted by atomic mass is 10.0. The molecule has 1 saturated heterocycles. The van der Waals surface area contributed by atoms with Gasteiger partial charge in [0.25, 0.3) is 5.91 Å². The summed E-state index contributed by atoms with van der Waals surface area (Å²) in [6, 6.07) is 14.7. The molecule has 0 radical (unpaired) electrons. The molecule has 2 amide bonds. The van der Waals surface area contributed by atoms with Gasteiger partial charge >= 0.3 is 0 Å². The maximum atomic E-state index is 12.5. The molecule has 1 aliphatic rings. The molecule has 0 unspecified atom stereocenters. The van der Waals surface area contributed by atoms with E-state index in [1.54, 1.807) is 31.4 Å². The first-order valence-electron chi connectivity index (χ1n) is 9.13. The number of anilines is 1. The van der Waals surface area contributed by atoms with Crippen LogP contribution in [0.1, 0.15) is 28.8 Å². The van der Waals surface area contributed by atoms with E-state index in [9.17, 15) is 9.59 Å². The molecule has 3 rings (SSSR count). The van der Waals surface area contributed by atoms with Crippen molar-refractivity contribution in [2.45, 2.75) is 25.3 Å². The molecule has 0 spiro atoms. The molecule has 150 valence electrons. The predicted molar refractivity (Wildman–Crippen MR) is 112 cm³/mol. The van der Waals surface area contributed by atoms with E-state index in [4.69, 9.17) is 10.5 Å². The maximum absolute atomic E-state index is 12.5. The minimum Gasteiger partial charge on any atom is -0.497 e. The summed E-state index contributed by atoms with van der Waals surface area (Å²) in [4.78, 5) is 26.8. The first kappa shape index (κ1) is 21.6. The average molecular weight is 404 g/mol. The molecular weight excluding hydrogens is 378 g/mol. The third-order valence-corrected chi connectivity index (χ3v) is 4.88. The number of likely N-dealkylation sites (tertiary alicyclic amines) is 1. The van der Waals surface area contributed by atoms with Crippen LogP contribution in [0.5, 0.6) is 5.75 Å². The number of nitrogen functional groups attached to an aromatic ring is 1. The summed E-state index contributed by atoms with van der Waals surface area (Å²) in [5.74, 6) is 0.691. The topological polar surface area (TPSA) is 84.7 Å². The predicted octanol–water partition coefficient (Wildman–Crippen LogP) is 2.66. The van der Waals surface area contributed by atoms with Gasteiger partial charge in [-0.2, -0.15) is 0 Å². The fourth-order valence-corrected chi connectivity index (χ4v) is 3.31. The summed E-state index contributed by atoms with van der Waals surface area (Å²) in [7, 11) is 1.61. The maximum Gasteiger partial charge on any atom is 0.253 e. The van der Waals surface area contributed by atoms with Crippen molar-refractivity contribution in [3.05, 3.63) is 59.7 Å². The second-order valence-electron chi connectivity index (χ2n) is 6.74. The van der Waals surface area contributed by atoms with Crippen LogP contribution in [0.2, 0.25) is 0 Å². The van der Waals surface area contributed by atoms with Crippen LogP contribution in [0.25, 0.3) is 0 Å². The van der Waals surface area contributed by atoms with Crippen molar-refractivity contribution in [2.75, 3.05) is 25.9 Å². The second kappa shape index (κ2) is 9.99. The van der Waals surface area contributed by atoms with Crippen molar-refractivity contribution in [1.82, 2.24) is 10.2 Å². The highest BCUT2D eigenvalue weighted by Crippen LogP contribution is 2.17. The molecule has 3 N–H and O–H groups in total. The number of benzene rings is 2. The Labute approximate surface area is 171 Å². The number of methoxy groups -OCH3 is 1. The smallest absolute Gasteiger partial charge is 0.253 e.